The van der Waals surface area contributed by atoms with E-state index in [-0.39, 0.29) is 5.69 Å². The molecular formula is C19H16FN3O2. The molecule has 0 radical (unpaired) electrons. The number of nitrogens with zero attached hydrogens (tertiary/aromatic N) is 3. The van der Waals surface area contributed by atoms with Crippen molar-refractivity contribution < 1.29 is 14.3 Å². The van der Waals surface area contributed by atoms with Crippen molar-refractivity contribution in [1.29, 1.82) is 0 Å². The molecular weight excluding hydrogens is 321 g/mol. The molecule has 0 aliphatic carbocycles. The van der Waals surface area contributed by atoms with Crippen LogP contribution >= 0.6 is 0 Å². The smallest absolute Gasteiger partial charge is 0.354 e. The molecule has 0 bridgehead atoms. The molecule has 0 aromatic carbocycles. The highest BCUT2D eigenvalue weighted by Crippen LogP contribution is 2.30. The quantitative estimate of drug-likeness (QED) is 0.735. The van der Waals surface area contributed by atoms with Crippen LogP contribution < -0.4 is 0 Å². The Hall–Kier alpha value is -3.15. The molecule has 0 saturated carbocycles. The van der Waals surface area contributed by atoms with Crippen LogP contribution in [0.25, 0.3) is 11.3 Å². The van der Waals surface area contributed by atoms with E-state index in [4.69, 9.17) is 5.11 Å². The first-order valence-electron chi connectivity index (χ1n) is 7.68. The zero-order chi connectivity index (χ0) is 18.0. The summed E-state index contributed by atoms with van der Waals surface area (Å²) in [7, 11) is 0. The fourth-order valence-electron chi connectivity index (χ4n) is 2.50. The van der Waals surface area contributed by atoms with Crippen molar-refractivity contribution in [2.24, 2.45) is 0 Å². The second-order valence-corrected chi connectivity index (χ2v) is 6.12. The summed E-state index contributed by atoms with van der Waals surface area (Å²) in [6.07, 6.45) is 1.43. The lowest BCUT2D eigenvalue weighted by atomic mass is 9.84. The second kappa shape index (κ2) is 6.39. The molecule has 1 N–H and O–H groups in total. The molecule has 3 rings (SSSR count). The zero-order valence-electron chi connectivity index (χ0n) is 13.8. The van der Waals surface area contributed by atoms with Gasteiger partial charge in [0, 0.05) is 17.2 Å². The summed E-state index contributed by atoms with van der Waals surface area (Å²) in [5.74, 6) is -1.62. The summed E-state index contributed by atoms with van der Waals surface area (Å²) in [6, 6.07) is 13.3. The average molecular weight is 337 g/mol. The first-order valence-corrected chi connectivity index (χ1v) is 7.68. The van der Waals surface area contributed by atoms with Gasteiger partial charge in [-0.15, -0.1) is 0 Å². The molecule has 5 nitrogen and oxygen atoms in total. The maximum atomic E-state index is 13.0. The van der Waals surface area contributed by atoms with Crippen molar-refractivity contribution >= 4 is 5.97 Å². The zero-order valence-corrected chi connectivity index (χ0v) is 13.8. The van der Waals surface area contributed by atoms with E-state index in [0.717, 1.165) is 5.69 Å². The molecule has 126 valence electrons. The number of hydrogen-bond donors (Lipinski definition) is 1. The first kappa shape index (κ1) is 16.7. The molecule has 0 unspecified atom stereocenters. The fraction of sp³-hybridized carbons (Fsp3) is 0.158. The number of halogens is 1. The van der Waals surface area contributed by atoms with Crippen LogP contribution in [0.1, 0.15) is 35.7 Å². The molecule has 0 spiro atoms. The van der Waals surface area contributed by atoms with Crippen LogP contribution in [0, 0.1) is 5.95 Å². The Morgan fingerprint density at radius 1 is 1.00 bits per heavy atom. The van der Waals surface area contributed by atoms with Crippen molar-refractivity contribution in [2.45, 2.75) is 19.3 Å². The topological polar surface area (TPSA) is 76.0 Å². The summed E-state index contributed by atoms with van der Waals surface area (Å²) in [6.45, 7) is 3.85. The minimum Gasteiger partial charge on any atom is -0.477 e. The molecule has 0 amide bonds. The molecule has 0 fully saturated rings. The van der Waals surface area contributed by atoms with Crippen molar-refractivity contribution in [1.82, 2.24) is 15.0 Å². The molecule has 0 aliphatic rings. The maximum absolute atomic E-state index is 13.0. The fourth-order valence-corrected chi connectivity index (χ4v) is 2.50. The lowest BCUT2D eigenvalue weighted by Crippen LogP contribution is -2.23. The molecule has 3 aromatic rings. The molecule has 25 heavy (non-hydrogen) atoms. The van der Waals surface area contributed by atoms with Crippen LogP contribution in [0.5, 0.6) is 0 Å². The van der Waals surface area contributed by atoms with Gasteiger partial charge in [-0.3, -0.25) is 4.98 Å². The lowest BCUT2D eigenvalue weighted by molar-refractivity contribution is 0.0690. The van der Waals surface area contributed by atoms with Crippen LogP contribution in [0.15, 0.2) is 54.7 Å². The van der Waals surface area contributed by atoms with Gasteiger partial charge in [0.15, 0.2) is 0 Å². The third-order valence-corrected chi connectivity index (χ3v) is 4.02. The standard InChI is InChI=1S/C19H16FN3O2/c1-19(2,16-8-4-6-14(23-16)18(24)25)15-7-3-5-13(22-15)12-9-10-17(20)21-11-12/h3-11H,1-2H3,(H,24,25). The van der Waals surface area contributed by atoms with E-state index in [1.54, 1.807) is 18.2 Å². The Bertz CT molecular complexity index is 924. The Balaban J connectivity index is 2.03. The largest absolute Gasteiger partial charge is 0.477 e. The number of carboxylic acid groups (broad SMARTS) is 1. The van der Waals surface area contributed by atoms with Crippen LogP contribution in [0.4, 0.5) is 4.39 Å². The third-order valence-electron chi connectivity index (χ3n) is 4.02. The van der Waals surface area contributed by atoms with Gasteiger partial charge >= 0.3 is 5.97 Å². The first-order chi connectivity index (χ1) is 11.9. The SMILES string of the molecule is CC(C)(c1cccc(C(=O)O)n1)c1cccc(-c2ccc(F)nc2)n1. The monoisotopic (exact) mass is 337 g/mol. The van der Waals surface area contributed by atoms with Crippen LogP contribution in [0.3, 0.4) is 0 Å². The normalized spacial score (nSPS) is 11.3. The highest BCUT2D eigenvalue weighted by atomic mass is 19.1. The molecule has 0 saturated heterocycles. The van der Waals surface area contributed by atoms with E-state index in [1.165, 1.54) is 18.3 Å². The minimum atomic E-state index is -1.07. The summed E-state index contributed by atoms with van der Waals surface area (Å²) < 4.78 is 13.0. The predicted octanol–water partition coefficient (Wildman–Crippen LogP) is 3.70. The number of carboxylic acids is 1. The number of aromatic nitrogens is 3. The van der Waals surface area contributed by atoms with Gasteiger partial charge in [0.2, 0.25) is 5.95 Å². The number of carbonyl (C=O) groups is 1. The molecule has 0 atom stereocenters. The Morgan fingerprint density at radius 2 is 1.68 bits per heavy atom. The van der Waals surface area contributed by atoms with Gasteiger partial charge in [-0.25, -0.2) is 14.8 Å². The van der Waals surface area contributed by atoms with Gasteiger partial charge in [0.1, 0.15) is 5.69 Å². The van der Waals surface area contributed by atoms with Crippen LogP contribution in [-0.4, -0.2) is 26.0 Å². The van der Waals surface area contributed by atoms with Gasteiger partial charge in [0.25, 0.3) is 0 Å². The van der Waals surface area contributed by atoms with Gasteiger partial charge in [-0.05, 0) is 50.2 Å². The van der Waals surface area contributed by atoms with Crippen LogP contribution in [-0.2, 0) is 5.41 Å². The lowest BCUT2D eigenvalue weighted by Gasteiger charge is -2.24. The highest BCUT2D eigenvalue weighted by molar-refractivity contribution is 5.85. The molecule has 3 aromatic heterocycles. The van der Waals surface area contributed by atoms with Crippen molar-refractivity contribution in [3.8, 4) is 11.3 Å². The van der Waals surface area contributed by atoms with Gasteiger partial charge in [-0.2, -0.15) is 4.39 Å². The Labute approximate surface area is 144 Å². The van der Waals surface area contributed by atoms with Crippen molar-refractivity contribution in [2.75, 3.05) is 0 Å². The summed E-state index contributed by atoms with van der Waals surface area (Å²) in [5.41, 5.74) is 2.08. The summed E-state index contributed by atoms with van der Waals surface area (Å²) in [4.78, 5) is 23.7. The van der Waals surface area contributed by atoms with E-state index in [2.05, 4.69) is 15.0 Å². The number of hydrogen-bond acceptors (Lipinski definition) is 4. The van der Waals surface area contributed by atoms with E-state index >= 15 is 0 Å². The second-order valence-electron chi connectivity index (χ2n) is 6.12. The number of aromatic carboxylic acids is 1. The maximum Gasteiger partial charge on any atom is 0.354 e. The molecule has 6 heteroatoms. The Morgan fingerprint density at radius 3 is 2.32 bits per heavy atom. The summed E-state index contributed by atoms with van der Waals surface area (Å²) in [5, 5.41) is 9.15. The third kappa shape index (κ3) is 3.38. The predicted molar refractivity (Wildman–Crippen MR) is 90.8 cm³/mol. The van der Waals surface area contributed by atoms with Crippen LogP contribution in [0.2, 0.25) is 0 Å². The molecule has 3 heterocycles. The van der Waals surface area contributed by atoms with Gasteiger partial charge < -0.3 is 5.11 Å². The van der Waals surface area contributed by atoms with Crippen molar-refractivity contribution in [3.05, 3.63) is 77.8 Å². The molecule has 0 aliphatic heterocycles. The highest BCUT2D eigenvalue weighted by Gasteiger charge is 2.27. The Kier molecular flexibility index (Phi) is 4.27. The average Bonchev–Trinajstić information content (AvgIpc) is 2.62. The number of rotatable bonds is 4. The van der Waals surface area contributed by atoms with Gasteiger partial charge in [-0.1, -0.05) is 12.1 Å². The summed E-state index contributed by atoms with van der Waals surface area (Å²) >= 11 is 0. The van der Waals surface area contributed by atoms with Gasteiger partial charge in [0.05, 0.1) is 17.1 Å². The van der Waals surface area contributed by atoms with E-state index in [1.807, 2.05) is 32.0 Å². The van der Waals surface area contributed by atoms with E-state index in [9.17, 15) is 9.18 Å². The number of pyridine rings is 3. The minimum absolute atomic E-state index is 0.00976. The van der Waals surface area contributed by atoms with E-state index in [0.29, 0.717) is 17.0 Å². The van der Waals surface area contributed by atoms with E-state index < -0.39 is 17.3 Å². The van der Waals surface area contributed by atoms with Crippen molar-refractivity contribution in [3.63, 3.8) is 0 Å².